The number of anilines is 1. The van der Waals surface area contributed by atoms with Crippen molar-refractivity contribution in [1.82, 2.24) is 4.31 Å². The molecule has 0 aliphatic carbocycles. The van der Waals surface area contributed by atoms with Crippen molar-refractivity contribution in [3.63, 3.8) is 0 Å². The van der Waals surface area contributed by atoms with E-state index in [1.165, 1.54) is 16.4 Å². The van der Waals surface area contributed by atoms with Crippen LogP contribution >= 0.6 is 27.5 Å². The van der Waals surface area contributed by atoms with Crippen LogP contribution in [0.25, 0.3) is 0 Å². The molecule has 0 radical (unpaired) electrons. The molecule has 1 aliphatic rings. The number of nitrogen functional groups attached to an aromatic ring is 1. The molecule has 8 heteroatoms. The van der Waals surface area contributed by atoms with E-state index >= 15 is 0 Å². The first-order chi connectivity index (χ1) is 9.36. The zero-order chi connectivity index (χ0) is 14.9. The van der Waals surface area contributed by atoms with Gasteiger partial charge in [-0.05, 0) is 40.9 Å². The number of benzene rings is 1. The van der Waals surface area contributed by atoms with Crippen molar-refractivity contribution in [1.29, 1.82) is 0 Å². The fourth-order valence-electron chi connectivity index (χ4n) is 2.23. The van der Waals surface area contributed by atoms with Gasteiger partial charge in [-0.2, -0.15) is 4.31 Å². The van der Waals surface area contributed by atoms with Crippen LogP contribution < -0.4 is 5.73 Å². The number of hydrogen-bond donors (Lipinski definition) is 1. The summed E-state index contributed by atoms with van der Waals surface area (Å²) in [5.41, 5.74) is 6.06. The molecule has 112 valence electrons. The molecule has 2 rings (SSSR count). The highest BCUT2D eigenvalue weighted by molar-refractivity contribution is 9.10. The van der Waals surface area contributed by atoms with Crippen molar-refractivity contribution >= 4 is 43.2 Å². The fourth-order valence-corrected chi connectivity index (χ4v) is 4.99. The SMILES string of the molecule is COC1CCCN(S(=O)(=O)c2cc(Cl)cc(N)c2Br)C1. The topological polar surface area (TPSA) is 72.6 Å². The quantitative estimate of drug-likeness (QED) is 0.814. The Hall–Kier alpha value is -0.340. The lowest BCUT2D eigenvalue weighted by Crippen LogP contribution is -2.42. The van der Waals surface area contributed by atoms with Crippen LogP contribution in [0.3, 0.4) is 0 Å². The Morgan fingerprint density at radius 1 is 1.50 bits per heavy atom. The zero-order valence-corrected chi connectivity index (χ0v) is 14.1. The summed E-state index contributed by atoms with van der Waals surface area (Å²) in [6, 6.07) is 2.92. The predicted molar refractivity (Wildman–Crippen MR) is 82.4 cm³/mol. The van der Waals surface area contributed by atoms with Gasteiger partial charge in [0.25, 0.3) is 0 Å². The van der Waals surface area contributed by atoms with Crippen molar-refractivity contribution in [3.8, 4) is 0 Å². The number of sulfonamides is 1. The van der Waals surface area contributed by atoms with E-state index in [0.717, 1.165) is 12.8 Å². The number of rotatable bonds is 3. The summed E-state index contributed by atoms with van der Waals surface area (Å²) in [4.78, 5) is 0.0965. The predicted octanol–water partition coefficient (Wildman–Crippen LogP) is 2.48. The number of hydrogen-bond acceptors (Lipinski definition) is 4. The number of piperidine rings is 1. The van der Waals surface area contributed by atoms with Crippen LogP contribution in [-0.4, -0.2) is 39.0 Å². The van der Waals surface area contributed by atoms with Gasteiger partial charge in [0.15, 0.2) is 0 Å². The largest absolute Gasteiger partial charge is 0.398 e. The average Bonchev–Trinajstić information content (AvgIpc) is 2.42. The maximum Gasteiger partial charge on any atom is 0.244 e. The first-order valence-electron chi connectivity index (χ1n) is 6.13. The molecule has 0 amide bonds. The Kier molecular flexibility index (Phi) is 4.96. The van der Waals surface area contributed by atoms with Crippen molar-refractivity contribution < 1.29 is 13.2 Å². The Balaban J connectivity index is 2.40. The van der Waals surface area contributed by atoms with Crippen molar-refractivity contribution in [2.45, 2.75) is 23.8 Å². The minimum absolute atomic E-state index is 0.0752. The first kappa shape index (κ1) is 16.0. The highest BCUT2D eigenvalue weighted by Crippen LogP contribution is 2.34. The second-order valence-electron chi connectivity index (χ2n) is 4.67. The highest BCUT2D eigenvalue weighted by Gasteiger charge is 2.32. The second kappa shape index (κ2) is 6.19. The van der Waals surface area contributed by atoms with Gasteiger partial charge in [0.1, 0.15) is 0 Å². The molecule has 2 N–H and O–H groups in total. The van der Waals surface area contributed by atoms with Gasteiger partial charge in [-0.15, -0.1) is 0 Å². The number of methoxy groups -OCH3 is 1. The number of ether oxygens (including phenoxy) is 1. The van der Waals surface area contributed by atoms with Gasteiger partial charge in [-0.1, -0.05) is 11.6 Å². The van der Waals surface area contributed by atoms with Crippen LogP contribution in [0, 0.1) is 0 Å². The standard InChI is InChI=1S/C12H16BrClN2O3S/c1-19-9-3-2-4-16(7-9)20(17,18)11-6-8(14)5-10(15)12(11)13/h5-6,9H,2-4,7,15H2,1H3. The number of nitrogens with two attached hydrogens (primary N) is 1. The number of halogens is 2. The Morgan fingerprint density at radius 3 is 2.85 bits per heavy atom. The highest BCUT2D eigenvalue weighted by atomic mass is 79.9. The van der Waals surface area contributed by atoms with Crippen LogP contribution in [0.1, 0.15) is 12.8 Å². The summed E-state index contributed by atoms with van der Waals surface area (Å²) in [7, 11) is -2.05. The molecule has 0 aromatic heterocycles. The van der Waals surface area contributed by atoms with E-state index in [1.54, 1.807) is 7.11 Å². The average molecular weight is 384 g/mol. The molecule has 20 heavy (non-hydrogen) atoms. The molecule has 0 saturated carbocycles. The van der Waals surface area contributed by atoms with Crippen LogP contribution in [0.4, 0.5) is 5.69 Å². The molecule has 1 unspecified atom stereocenters. The second-order valence-corrected chi connectivity index (χ2v) is 7.81. The Bertz CT molecular complexity index is 609. The molecule has 1 saturated heterocycles. The molecule has 1 heterocycles. The van der Waals surface area contributed by atoms with Gasteiger partial charge < -0.3 is 10.5 Å². The van der Waals surface area contributed by atoms with E-state index in [0.29, 0.717) is 28.3 Å². The third kappa shape index (κ3) is 3.12. The normalized spacial score (nSPS) is 21.1. The summed E-state index contributed by atoms with van der Waals surface area (Å²) in [5.74, 6) is 0. The van der Waals surface area contributed by atoms with Crippen LogP contribution in [0.15, 0.2) is 21.5 Å². The van der Waals surface area contributed by atoms with Crippen LogP contribution in [0.2, 0.25) is 5.02 Å². The van der Waals surface area contributed by atoms with Gasteiger partial charge in [0.05, 0.1) is 15.5 Å². The molecular formula is C12H16BrClN2O3S. The van der Waals surface area contributed by atoms with E-state index in [9.17, 15) is 8.42 Å². The molecule has 0 spiro atoms. The molecule has 0 bridgehead atoms. The summed E-state index contributed by atoms with van der Waals surface area (Å²) >= 11 is 9.14. The molecule has 1 fully saturated rings. The maximum absolute atomic E-state index is 12.7. The number of nitrogens with zero attached hydrogens (tertiary/aromatic N) is 1. The minimum Gasteiger partial charge on any atom is -0.398 e. The Morgan fingerprint density at radius 2 is 2.20 bits per heavy atom. The maximum atomic E-state index is 12.7. The van der Waals surface area contributed by atoms with Crippen LogP contribution in [0.5, 0.6) is 0 Å². The summed E-state index contributed by atoms with van der Waals surface area (Å²) in [6.45, 7) is 0.818. The molecule has 1 atom stereocenters. The van der Waals surface area contributed by atoms with E-state index in [4.69, 9.17) is 22.1 Å². The molecule has 1 aliphatic heterocycles. The molecule has 1 aromatic carbocycles. The van der Waals surface area contributed by atoms with Crippen molar-refractivity contribution in [2.75, 3.05) is 25.9 Å². The van der Waals surface area contributed by atoms with E-state index in [2.05, 4.69) is 15.9 Å². The van der Waals surface area contributed by atoms with E-state index in [1.807, 2.05) is 0 Å². The monoisotopic (exact) mass is 382 g/mol. The fraction of sp³-hybridized carbons (Fsp3) is 0.500. The molecule has 1 aromatic rings. The lowest BCUT2D eigenvalue weighted by Gasteiger charge is -2.31. The molecular weight excluding hydrogens is 368 g/mol. The van der Waals surface area contributed by atoms with Gasteiger partial charge in [-0.25, -0.2) is 8.42 Å². The third-order valence-corrected chi connectivity index (χ3v) is 6.58. The zero-order valence-electron chi connectivity index (χ0n) is 11.0. The summed E-state index contributed by atoms with van der Waals surface area (Å²) in [5, 5.41) is 0.296. The van der Waals surface area contributed by atoms with Crippen molar-refractivity contribution in [3.05, 3.63) is 21.6 Å². The van der Waals surface area contributed by atoms with Gasteiger partial charge >= 0.3 is 0 Å². The van der Waals surface area contributed by atoms with Gasteiger partial charge in [0.2, 0.25) is 10.0 Å². The van der Waals surface area contributed by atoms with Crippen molar-refractivity contribution in [2.24, 2.45) is 0 Å². The van der Waals surface area contributed by atoms with Crippen LogP contribution in [-0.2, 0) is 14.8 Å². The summed E-state index contributed by atoms with van der Waals surface area (Å²) < 4.78 is 32.4. The van der Waals surface area contributed by atoms with E-state index in [-0.39, 0.29) is 11.0 Å². The lowest BCUT2D eigenvalue weighted by atomic mass is 10.1. The Labute approximate surface area is 132 Å². The third-order valence-electron chi connectivity index (χ3n) is 3.32. The lowest BCUT2D eigenvalue weighted by molar-refractivity contribution is 0.0572. The van der Waals surface area contributed by atoms with Gasteiger partial charge in [-0.3, -0.25) is 0 Å². The van der Waals surface area contributed by atoms with E-state index < -0.39 is 10.0 Å². The first-order valence-corrected chi connectivity index (χ1v) is 8.75. The smallest absolute Gasteiger partial charge is 0.244 e. The summed E-state index contributed by atoms with van der Waals surface area (Å²) in [6.07, 6.45) is 1.56. The van der Waals surface area contributed by atoms with Gasteiger partial charge in [0, 0.05) is 30.9 Å². The minimum atomic E-state index is -3.64. The molecule has 5 nitrogen and oxygen atoms in total.